The standard InChI is InChI=1S/C11H23NO2.C2H6/c1-5-13-9(3)11-10(14-6-2)7-8-12(11)4;1-2/h9-11H,5-8H2,1-4H3;1-2H3/t9-,10-,11+;/m0./s1. The molecule has 0 aromatic rings. The van der Waals surface area contributed by atoms with Crippen molar-refractivity contribution in [3.63, 3.8) is 0 Å². The van der Waals surface area contributed by atoms with Gasteiger partial charge in [-0.1, -0.05) is 13.8 Å². The normalized spacial score (nSPS) is 27.4. The molecule has 0 N–H and O–H groups in total. The van der Waals surface area contributed by atoms with Crippen molar-refractivity contribution in [1.82, 2.24) is 4.90 Å². The molecule has 0 bridgehead atoms. The van der Waals surface area contributed by atoms with Gasteiger partial charge >= 0.3 is 0 Å². The fourth-order valence-corrected chi connectivity index (χ4v) is 2.35. The smallest absolute Gasteiger partial charge is 0.0767 e. The first-order valence-electron chi connectivity index (χ1n) is 6.64. The van der Waals surface area contributed by atoms with E-state index in [1.54, 1.807) is 0 Å². The molecule has 3 nitrogen and oxygen atoms in total. The Morgan fingerprint density at radius 1 is 1.25 bits per heavy atom. The number of likely N-dealkylation sites (tertiary alicyclic amines) is 1. The van der Waals surface area contributed by atoms with Crippen molar-refractivity contribution in [2.45, 2.75) is 59.3 Å². The first kappa shape index (κ1) is 15.9. The van der Waals surface area contributed by atoms with Crippen molar-refractivity contribution in [3.05, 3.63) is 0 Å². The number of hydrogen-bond donors (Lipinski definition) is 0. The van der Waals surface area contributed by atoms with Gasteiger partial charge in [0.15, 0.2) is 0 Å². The van der Waals surface area contributed by atoms with Crippen LogP contribution in [-0.4, -0.2) is 50.0 Å². The molecule has 0 aliphatic carbocycles. The van der Waals surface area contributed by atoms with Gasteiger partial charge in [0.05, 0.1) is 18.2 Å². The topological polar surface area (TPSA) is 21.7 Å². The lowest BCUT2D eigenvalue weighted by atomic mass is 10.1. The summed E-state index contributed by atoms with van der Waals surface area (Å²) in [5.74, 6) is 0. The van der Waals surface area contributed by atoms with Gasteiger partial charge in [0, 0.05) is 19.8 Å². The molecule has 98 valence electrons. The SMILES string of the molecule is CC.CCO[C@@H](C)[C@@H]1[C@@H](OCC)CCN1C. The number of hydrogen-bond acceptors (Lipinski definition) is 3. The molecule has 3 heteroatoms. The third kappa shape index (κ3) is 4.40. The van der Waals surface area contributed by atoms with Gasteiger partial charge in [-0.25, -0.2) is 0 Å². The number of nitrogens with zero attached hydrogens (tertiary/aromatic N) is 1. The Hall–Kier alpha value is -0.120. The summed E-state index contributed by atoms with van der Waals surface area (Å²) < 4.78 is 11.4. The van der Waals surface area contributed by atoms with Crippen molar-refractivity contribution < 1.29 is 9.47 Å². The van der Waals surface area contributed by atoms with Gasteiger partial charge in [0.25, 0.3) is 0 Å². The van der Waals surface area contributed by atoms with E-state index in [2.05, 4.69) is 25.8 Å². The van der Waals surface area contributed by atoms with E-state index < -0.39 is 0 Å². The average Bonchev–Trinajstić information content (AvgIpc) is 2.64. The van der Waals surface area contributed by atoms with E-state index in [1.165, 1.54) is 0 Å². The molecule has 0 aromatic heterocycles. The second-order valence-corrected chi connectivity index (χ2v) is 3.91. The van der Waals surface area contributed by atoms with Crippen LogP contribution in [0.25, 0.3) is 0 Å². The number of ether oxygens (including phenoxy) is 2. The van der Waals surface area contributed by atoms with Crippen LogP contribution in [-0.2, 0) is 9.47 Å². The first-order valence-corrected chi connectivity index (χ1v) is 6.64. The van der Waals surface area contributed by atoms with Crippen molar-refractivity contribution in [2.75, 3.05) is 26.8 Å². The van der Waals surface area contributed by atoms with Gasteiger partial charge in [-0.2, -0.15) is 0 Å². The lowest BCUT2D eigenvalue weighted by Gasteiger charge is -2.30. The molecule has 1 saturated heterocycles. The molecule has 0 spiro atoms. The van der Waals surface area contributed by atoms with E-state index in [0.717, 1.165) is 26.2 Å². The molecule has 1 aliphatic rings. The van der Waals surface area contributed by atoms with Gasteiger partial charge in [-0.3, -0.25) is 4.90 Å². The molecule has 0 saturated carbocycles. The van der Waals surface area contributed by atoms with Crippen molar-refractivity contribution in [3.8, 4) is 0 Å². The highest BCUT2D eigenvalue weighted by atomic mass is 16.5. The minimum absolute atomic E-state index is 0.268. The van der Waals surface area contributed by atoms with Crippen LogP contribution in [0.1, 0.15) is 41.0 Å². The Kier molecular flexibility index (Phi) is 8.90. The summed E-state index contributed by atoms with van der Waals surface area (Å²) in [5.41, 5.74) is 0. The van der Waals surface area contributed by atoms with Crippen LogP contribution in [0.4, 0.5) is 0 Å². The second-order valence-electron chi connectivity index (χ2n) is 3.91. The van der Waals surface area contributed by atoms with Crippen LogP contribution in [0.15, 0.2) is 0 Å². The molecule has 1 heterocycles. The molecule has 1 rings (SSSR count). The molecule has 0 amide bonds. The van der Waals surface area contributed by atoms with E-state index in [1.807, 2.05) is 20.8 Å². The van der Waals surface area contributed by atoms with Gasteiger partial charge in [0.2, 0.25) is 0 Å². The van der Waals surface area contributed by atoms with Gasteiger partial charge in [-0.05, 0) is 34.2 Å². The van der Waals surface area contributed by atoms with Crippen LogP contribution in [0, 0.1) is 0 Å². The maximum atomic E-state index is 5.73. The maximum absolute atomic E-state index is 5.73. The molecular weight excluding hydrogens is 202 g/mol. The Morgan fingerprint density at radius 3 is 2.38 bits per heavy atom. The summed E-state index contributed by atoms with van der Waals surface area (Å²) in [5, 5.41) is 0. The average molecular weight is 231 g/mol. The van der Waals surface area contributed by atoms with Gasteiger partial charge in [-0.15, -0.1) is 0 Å². The Balaban J connectivity index is 0.00000106. The van der Waals surface area contributed by atoms with E-state index in [-0.39, 0.29) is 6.10 Å². The van der Waals surface area contributed by atoms with E-state index in [0.29, 0.717) is 12.1 Å². The summed E-state index contributed by atoms with van der Waals surface area (Å²) in [6, 6.07) is 0.426. The van der Waals surface area contributed by atoms with Crippen molar-refractivity contribution >= 4 is 0 Å². The highest BCUT2D eigenvalue weighted by Gasteiger charge is 2.36. The Morgan fingerprint density at radius 2 is 1.88 bits per heavy atom. The van der Waals surface area contributed by atoms with E-state index in [9.17, 15) is 0 Å². The largest absolute Gasteiger partial charge is 0.377 e. The predicted molar refractivity (Wildman–Crippen MR) is 68.9 cm³/mol. The third-order valence-corrected chi connectivity index (χ3v) is 2.95. The summed E-state index contributed by atoms with van der Waals surface area (Å²) in [6.07, 6.45) is 1.75. The fourth-order valence-electron chi connectivity index (χ4n) is 2.35. The zero-order chi connectivity index (χ0) is 12.6. The molecule has 1 fully saturated rings. The van der Waals surface area contributed by atoms with Gasteiger partial charge < -0.3 is 9.47 Å². The quantitative estimate of drug-likeness (QED) is 0.726. The van der Waals surface area contributed by atoms with Crippen molar-refractivity contribution in [2.24, 2.45) is 0 Å². The second kappa shape index (κ2) is 8.97. The van der Waals surface area contributed by atoms with Crippen LogP contribution < -0.4 is 0 Å². The first-order chi connectivity index (χ1) is 7.70. The minimum Gasteiger partial charge on any atom is -0.377 e. The van der Waals surface area contributed by atoms with Crippen LogP contribution >= 0.6 is 0 Å². The fraction of sp³-hybridized carbons (Fsp3) is 1.00. The summed E-state index contributed by atoms with van der Waals surface area (Å²) in [7, 11) is 2.15. The third-order valence-electron chi connectivity index (χ3n) is 2.95. The summed E-state index contributed by atoms with van der Waals surface area (Å²) >= 11 is 0. The lowest BCUT2D eigenvalue weighted by molar-refractivity contribution is -0.0384. The zero-order valence-corrected chi connectivity index (χ0v) is 11.8. The Bertz CT molecular complexity index is 162. The molecule has 0 aromatic carbocycles. The van der Waals surface area contributed by atoms with Crippen molar-refractivity contribution in [1.29, 1.82) is 0 Å². The number of likely N-dealkylation sites (N-methyl/N-ethyl adjacent to an activating group) is 1. The molecule has 0 unspecified atom stereocenters. The maximum Gasteiger partial charge on any atom is 0.0767 e. The highest BCUT2D eigenvalue weighted by molar-refractivity contribution is 4.90. The molecule has 0 radical (unpaired) electrons. The summed E-state index contributed by atoms with van der Waals surface area (Å²) in [4.78, 5) is 2.35. The van der Waals surface area contributed by atoms with Crippen LogP contribution in [0.5, 0.6) is 0 Å². The van der Waals surface area contributed by atoms with Crippen LogP contribution in [0.2, 0.25) is 0 Å². The molecular formula is C13H29NO2. The molecule has 16 heavy (non-hydrogen) atoms. The van der Waals surface area contributed by atoms with Gasteiger partial charge in [0.1, 0.15) is 0 Å². The predicted octanol–water partition coefficient (Wildman–Crippen LogP) is 2.55. The minimum atomic E-state index is 0.268. The lowest BCUT2D eigenvalue weighted by Crippen LogP contribution is -2.43. The monoisotopic (exact) mass is 231 g/mol. The van der Waals surface area contributed by atoms with E-state index in [4.69, 9.17) is 9.47 Å². The molecule has 3 atom stereocenters. The zero-order valence-electron chi connectivity index (χ0n) is 11.8. The Labute approximate surface area is 101 Å². The van der Waals surface area contributed by atoms with E-state index >= 15 is 0 Å². The highest BCUT2D eigenvalue weighted by Crippen LogP contribution is 2.23. The molecule has 1 aliphatic heterocycles. The summed E-state index contributed by atoms with van der Waals surface area (Å²) in [6.45, 7) is 12.9. The van der Waals surface area contributed by atoms with Crippen LogP contribution in [0.3, 0.4) is 0 Å². The number of rotatable bonds is 5.